The predicted octanol–water partition coefficient (Wildman–Crippen LogP) is 0.548. The highest BCUT2D eigenvalue weighted by Crippen LogP contribution is 2.54. The van der Waals surface area contributed by atoms with E-state index in [4.69, 9.17) is 4.74 Å². The second kappa shape index (κ2) is 1.32. The molecule has 1 N–H and O–H groups in total. The van der Waals surface area contributed by atoms with Gasteiger partial charge in [0.05, 0.1) is 18.8 Å². The Bertz CT molecular complexity index is 130. The van der Waals surface area contributed by atoms with Gasteiger partial charge in [0.15, 0.2) is 0 Å². The van der Waals surface area contributed by atoms with Crippen LogP contribution in [0.4, 0.5) is 0 Å². The molecule has 1 spiro atoms. The minimum Gasteiger partial charge on any atom is -0.389 e. The van der Waals surface area contributed by atoms with Gasteiger partial charge in [0.2, 0.25) is 0 Å². The normalized spacial score (nSPS) is 46.0. The van der Waals surface area contributed by atoms with Gasteiger partial charge in [0.25, 0.3) is 0 Å². The van der Waals surface area contributed by atoms with Gasteiger partial charge in [-0.1, -0.05) is 0 Å². The summed E-state index contributed by atoms with van der Waals surface area (Å²) in [6.07, 6.45) is 2.11. The summed E-state index contributed by atoms with van der Waals surface area (Å²) in [5.74, 6) is 0. The molecule has 52 valence electrons. The molecule has 1 aliphatic heterocycles. The molecule has 0 amide bonds. The van der Waals surface area contributed by atoms with Crippen molar-refractivity contribution in [2.75, 3.05) is 13.2 Å². The van der Waals surface area contributed by atoms with E-state index in [1.165, 1.54) is 0 Å². The first-order chi connectivity index (χ1) is 4.16. The Morgan fingerprint density at radius 1 is 1.33 bits per heavy atom. The zero-order valence-corrected chi connectivity index (χ0v) is 5.68. The maximum Gasteiger partial charge on any atom is 0.0720 e. The smallest absolute Gasteiger partial charge is 0.0720 e. The molecule has 1 saturated heterocycles. The zero-order chi connectivity index (χ0) is 6.54. The lowest BCUT2D eigenvalue weighted by Crippen LogP contribution is -2.65. The molecule has 2 nitrogen and oxygen atoms in total. The van der Waals surface area contributed by atoms with E-state index in [1.54, 1.807) is 0 Å². The molecule has 1 saturated carbocycles. The van der Waals surface area contributed by atoms with Crippen molar-refractivity contribution >= 4 is 0 Å². The van der Waals surface area contributed by atoms with Crippen molar-refractivity contribution in [3.8, 4) is 0 Å². The summed E-state index contributed by atoms with van der Waals surface area (Å²) >= 11 is 0. The summed E-state index contributed by atoms with van der Waals surface area (Å²) in [6, 6.07) is 0. The lowest BCUT2D eigenvalue weighted by atomic mass is 9.56. The molecule has 2 fully saturated rings. The summed E-state index contributed by atoms with van der Waals surface area (Å²) in [5.41, 5.74) is -0.238. The fourth-order valence-electron chi connectivity index (χ4n) is 1.64. The Hall–Kier alpha value is -0.0800. The number of rotatable bonds is 0. The van der Waals surface area contributed by atoms with E-state index in [0.717, 1.165) is 26.1 Å². The van der Waals surface area contributed by atoms with Crippen molar-refractivity contribution < 1.29 is 9.84 Å². The van der Waals surface area contributed by atoms with E-state index in [0.29, 0.717) is 0 Å². The van der Waals surface area contributed by atoms with E-state index in [1.807, 2.05) is 6.92 Å². The van der Waals surface area contributed by atoms with Crippen molar-refractivity contribution in [2.24, 2.45) is 5.41 Å². The second-order valence-corrected chi connectivity index (χ2v) is 3.55. The molecule has 0 bridgehead atoms. The van der Waals surface area contributed by atoms with Crippen molar-refractivity contribution in [3.05, 3.63) is 0 Å². The van der Waals surface area contributed by atoms with Gasteiger partial charge in [-0.2, -0.15) is 0 Å². The van der Waals surface area contributed by atoms with Crippen LogP contribution in [0.15, 0.2) is 0 Å². The average molecular weight is 128 g/mol. The molecule has 1 aliphatic carbocycles. The highest BCUT2D eigenvalue weighted by molar-refractivity contribution is 5.08. The van der Waals surface area contributed by atoms with Crippen LogP contribution in [-0.4, -0.2) is 23.9 Å². The lowest BCUT2D eigenvalue weighted by Gasteiger charge is -2.59. The Labute approximate surface area is 54.8 Å². The van der Waals surface area contributed by atoms with Crippen molar-refractivity contribution in [2.45, 2.75) is 25.4 Å². The summed E-state index contributed by atoms with van der Waals surface area (Å²) in [7, 11) is 0. The predicted molar refractivity (Wildman–Crippen MR) is 33.1 cm³/mol. The molecule has 2 rings (SSSR count). The molecule has 0 aromatic carbocycles. The Balaban J connectivity index is 2.13. The standard InChI is InChI=1S/C7H12O2/c1-6(8)2-3-7(6)4-9-5-7/h8H,2-5H2,1H3. The van der Waals surface area contributed by atoms with Gasteiger partial charge in [-0.3, -0.25) is 0 Å². The van der Waals surface area contributed by atoms with Crippen molar-refractivity contribution in [1.29, 1.82) is 0 Å². The number of aliphatic hydroxyl groups is 1. The second-order valence-electron chi connectivity index (χ2n) is 3.55. The van der Waals surface area contributed by atoms with Crippen LogP contribution >= 0.6 is 0 Å². The molecule has 0 radical (unpaired) electrons. The molecule has 1 atom stereocenters. The Kier molecular flexibility index (Phi) is 0.837. The monoisotopic (exact) mass is 128 g/mol. The van der Waals surface area contributed by atoms with Crippen LogP contribution in [-0.2, 0) is 4.74 Å². The van der Waals surface area contributed by atoms with Crippen LogP contribution < -0.4 is 0 Å². The third kappa shape index (κ3) is 0.485. The van der Waals surface area contributed by atoms with Gasteiger partial charge in [0, 0.05) is 5.41 Å². The molecular weight excluding hydrogens is 116 g/mol. The Morgan fingerprint density at radius 2 is 2.00 bits per heavy atom. The molecule has 1 unspecified atom stereocenters. The summed E-state index contributed by atoms with van der Waals surface area (Å²) < 4.78 is 5.06. The fraction of sp³-hybridized carbons (Fsp3) is 1.00. The third-order valence-corrected chi connectivity index (χ3v) is 2.99. The van der Waals surface area contributed by atoms with Gasteiger partial charge in [-0.15, -0.1) is 0 Å². The van der Waals surface area contributed by atoms with Crippen molar-refractivity contribution in [1.82, 2.24) is 0 Å². The van der Waals surface area contributed by atoms with Gasteiger partial charge in [-0.05, 0) is 19.8 Å². The first kappa shape index (κ1) is 5.69. The molecule has 2 heteroatoms. The molecule has 0 aromatic rings. The first-order valence-electron chi connectivity index (χ1n) is 3.47. The van der Waals surface area contributed by atoms with Gasteiger partial charge < -0.3 is 9.84 Å². The van der Waals surface area contributed by atoms with Crippen LogP contribution in [0.1, 0.15) is 19.8 Å². The summed E-state index contributed by atoms with van der Waals surface area (Å²) in [6.45, 7) is 3.47. The SMILES string of the molecule is CC1(O)CCC12COC2. The van der Waals surface area contributed by atoms with Crippen LogP contribution in [0, 0.1) is 5.41 Å². The topological polar surface area (TPSA) is 29.5 Å². The largest absolute Gasteiger partial charge is 0.389 e. The molecule has 1 heterocycles. The quantitative estimate of drug-likeness (QED) is 0.516. The van der Waals surface area contributed by atoms with Crippen LogP contribution in [0.5, 0.6) is 0 Å². The van der Waals surface area contributed by atoms with Crippen molar-refractivity contribution in [3.63, 3.8) is 0 Å². The number of hydrogen-bond donors (Lipinski definition) is 1. The van der Waals surface area contributed by atoms with Crippen LogP contribution in [0.2, 0.25) is 0 Å². The maximum absolute atomic E-state index is 9.60. The number of ether oxygens (including phenoxy) is 1. The van der Waals surface area contributed by atoms with Gasteiger partial charge >= 0.3 is 0 Å². The summed E-state index contributed by atoms with van der Waals surface area (Å²) in [4.78, 5) is 0. The molecular formula is C7H12O2. The zero-order valence-electron chi connectivity index (χ0n) is 5.68. The van der Waals surface area contributed by atoms with E-state index in [9.17, 15) is 5.11 Å². The summed E-state index contributed by atoms with van der Waals surface area (Å²) in [5, 5.41) is 9.60. The first-order valence-corrected chi connectivity index (χ1v) is 3.47. The highest BCUT2D eigenvalue weighted by Gasteiger charge is 2.59. The highest BCUT2D eigenvalue weighted by atomic mass is 16.5. The minimum absolute atomic E-state index is 0.174. The molecule has 9 heavy (non-hydrogen) atoms. The number of hydrogen-bond acceptors (Lipinski definition) is 2. The van der Waals surface area contributed by atoms with E-state index in [-0.39, 0.29) is 5.41 Å². The molecule has 2 aliphatic rings. The minimum atomic E-state index is -0.411. The average Bonchev–Trinajstić information content (AvgIpc) is 1.59. The van der Waals surface area contributed by atoms with E-state index >= 15 is 0 Å². The fourth-order valence-corrected chi connectivity index (χ4v) is 1.64. The van der Waals surface area contributed by atoms with Crippen LogP contribution in [0.25, 0.3) is 0 Å². The third-order valence-electron chi connectivity index (χ3n) is 2.99. The van der Waals surface area contributed by atoms with Crippen LogP contribution in [0.3, 0.4) is 0 Å². The van der Waals surface area contributed by atoms with E-state index in [2.05, 4.69) is 0 Å². The Morgan fingerprint density at radius 3 is 2.00 bits per heavy atom. The van der Waals surface area contributed by atoms with E-state index < -0.39 is 5.60 Å². The molecule has 0 aromatic heterocycles. The maximum atomic E-state index is 9.60. The lowest BCUT2D eigenvalue weighted by molar-refractivity contribution is -0.271. The van der Waals surface area contributed by atoms with Gasteiger partial charge in [-0.25, -0.2) is 0 Å². The van der Waals surface area contributed by atoms with Gasteiger partial charge in [0.1, 0.15) is 0 Å².